The lowest BCUT2D eigenvalue weighted by Crippen LogP contribution is -2.18. The smallest absolute Gasteiger partial charge is 0.159 e. The molecule has 0 radical (unpaired) electrons. The summed E-state index contributed by atoms with van der Waals surface area (Å²) in [7, 11) is 0. The van der Waals surface area contributed by atoms with Gasteiger partial charge in [0.25, 0.3) is 0 Å². The molecule has 0 aliphatic heterocycles. The summed E-state index contributed by atoms with van der Waals surface area (Å²) in [5.74, 6) is 0.616. The molecule has 0 bridgehead atoms. The molecule has 0 N–H and O–H groups in total. The molecule has 208 valence electrons. The average Bonchev–Trinajstić information content (AvgIpc) is 3.49. The van der Waals surface area contributed by atoms with E-state index >= 15 is 0 Å². The van der Waals surface area contributed by atoms with Crippen LogP contribution in [0.3, 0.4) is 0 Å². The first-order valence-corrected chi connectivity index (χ1v) is 15.3. The van der Waals surface area contributed by atoms with Gasteiger partial charge in [0, 0.05) is 34.0 Å². The first kappa shape index (κ1) is 24.9. The van der Waals surface area contributed by atoms with Crippen LogP contribution in [0.4, 0.5) is 17.1 Å². The Morgan fingerprint density at radius 1 is 0.477 bits per heavy atom. The van der Waals surface area contributed by atoms with Gasteiger partial charge in [-0.3, -0.25) is 0 Å². The fourth-order valence-corrected chi connectivity index (χ4v) is 7.21. The molecule has 0 saturated carbocycles. The van der Waals surface area contributed by atoms with Gasteiger partial charge in [0.05, 0.1) is 5.69 Å². The average molecular weight is 564 g/mol. The molecular weight excluding hydrogens is 534 g/mol. The van der Waals surface area contributed by atoms with Crippen molar-refractivity contribution in [1.29, 1.82) is 0 Å². The Morgan fingerprint density at radius 3 is 2.00 bits per heavy atom. The Labute approximate surface area is 256 Å². The number of anilines is 3. The van der Waals surface area contributed by atoms with Gasteiger partial charge >= 0.3 is 0 Å². The van der Waals surface area contributed by atoms with Crippen molar-refractivity contribution in [2.24, 2.45) is 0 Å². The largest absolute Gasteiger partial charge is 0.454 e. The summed E-state index contributed by atoms with van der Waals surface area (Å²) in [5, 5.41) is 2.25. The lowest BCUT2D eigenvalue weighted by atomic mass is 9.70. The van der Waals surface area contributed by atoms with Gasteiger partial charge in [-0.2, -0.15) is 0 Å². The zero-order chi connectivity index (χ0) is 29.0. The van der Waals surface area contributed by atoms with E-state index in [1.54, 1.807) is 0 Å². The van der Waals surface area contributed by atoms with Crippen LogP contribution in [0.5, 0.6) is 0 Å². The van der Waals surface area contributed by atoms with Crippen LogP contribution < -0.4 is 4.90 Å². The van der Waals surface area contributed by atoms with E-state index in [2.05, 4.69) is 163 Å². The highest BCUT2D eigenvalue weighted by atomic mass is 16.3. The van der Waals surface area contributed by atoms with Gasteiger partial charge in [0.1, 0.15) is 5.58 Å². The summed E-state index contributed by atoms with van der Waals surface area (Å²) >= 11 is 0. The Bertz CT molecular complexity index is 2240. The number of rotatable bonds is 4. The van der Waals surface area contributed by atoms with E-state index in [9.17, 15) is 0 Å². The van der Waals surface area contributed by atoms with Gasteiger partial charge in [0.15, 0.2) is 5.58 Å². The molecule has 2 nitrogen and oxygen atoms in total. The first-order valence-electron chi connectivity index (χ1n) is 15.3. The van der Waals surface area contributed by atoms with E-state index in [0.29, 0.717) is 5.92 Å². The molecule has 1 heterocycles. The monoisotopic (exact) mass is 563 g/mol. The van der Waals surface area contributed by atoms with Crippen molar-refractivity contribution < 1.29 is 4.42 Å². The number of benzene rings is 6. The van der Waals surface area contributed by atoms with Crippen molar-refractivity contribution in [1.82, 2.24) is 0 Å². The van der Waals surface area contributed by atoms with E-state index in [0.717, 1.165) is 39.0 Å². The zero-order valence-electron chi connectivity index (χ0n) is 24.1. The van der Waals surface area contributed by atoms with Crippen LogP contribution >= 0.6 is 0 Å². The molecule has 2 heteroatoms. The molecule has 0 fully saturated rings. The molecule has 9 rings (SSSR count). The summed E-state index contributed by atoms with van der Waals surface area (Å²) in [6, 6.07) is 50.1. The molecular formula is C42H29NO. The maximum absolute atomic E-state index is 6.58. The second-order valence-electron chi connectivity index (χ2n) is 11.7. The summed E-state index contributed by atoms with van der Waals surface area (Å²) in [4.78, 5) is 2.36. The van der Waals surface area contributed by atoms with Crippen molar-refractivity contribution >= 4 is 39.0 Å². The van der Waals surface area contributed by atoms with Crippen LogP contribution in [0.1, 0.15) is 23.0 Å². The number of nitrogens with zero attached hydrogens (tertiary/aromatic N) is 1. The Kier molecular flexibility index (Phi) is 5.67. The maximum atomic E-state index is 6.58. The molecule has 1 aromatic heterocycles. The van der Waals surface area contributed by atoms with Crippen molar-refractivity contribution in [3.05, 3.63) is 175 Å². The predicted octanol–water partition coefficient (Wildman–Crippen LogP) is 11.7. The van der Waals surface area contributed by atoms with Crippen molar-refractivity contribution in [2.75, 3.05) is 4.90 Å². The number of furan rings is 1. The van der Waals surface area contributed by atoms with Crippen LogP contribution in [0.25, 0.3) is 44.2 Å². The second kappa shape index (κ2) is 10.00. The molecule has 0 saturated heterocycles. The van der Waals surface area contributed by atoms with Gasteiger partial charge in [0.2, 0.25) is 0 Å². The minimum Gasteiger partial charge on any atom is -0.454 e. The summed E-state index contributed by atoms with van der Waals surface area (Å²) in [6.07, 6.45) is 9.10. The van der Waals surface area contributed by atoms with E-state index in [4.69, 9.17) is 4.42 Å². The highest BCUT2D eigenvalue weighted by molar-refractivity contribution is 6.10. The van der Waals surface area contributed by atoms with Gasteiger partial charge in [-0.1, -0.05) is 127 Å². The first-order chi connectivity index (χ1) is 21.8. The van der Waals surface area contributed by atoms with Gasteiger partial charge in [-0.15, -0.1) is 0 Å². The van der Waals surface area contributed by atoms with Crippen molar-refractivity contribution in [2.45, 2.75) is 11.8 Å². The van der Waals surface area contributed by atoms with Crippen LogP contribution in [0, 0.1) is 0 Å². The number of allylic oxidation sites excluding steroid dienone is 4. The maximum Gasteiger partial charge on any atom is 0.159 e. The number of hydrogen-bond donors (Lipinski definition) is 0. The van der Waals surface area contributed by atoms with Crippen LogP contribution in [-0.4, -0.2) is 0 Å². The molecule has 44 heavy (non-hydrogen) atoms. The van der Waals surface area contributed by atoms with Crippen molar-refractivity contribution in [3.63, 3.8) is 0 Å². The number of hydrogen-bond acceptors (Lipinski definition) is 2. The van der Waals surface area contributed by atoms with Crippen molar-refractivity contribution in [3.8, 4) is 22.3 Å². The third kappa shape index (κ3) is 3.88. The minimum absolute atomic E-state index is 0.286. The predicted molar refractivity (Wildman–Crippen MR) is 183 cm³/mol. The Morgan fingerprint density at radius 2 is 1.14 bits per heavy atom. The minimum atomic E-state index is 0.286. The summed E-state index contributed by atoms with van der Waals surface area (Å²) < 4.78 is 6.58. The molecule has 0 amide bonds. The Hall–Kier alpha value is -5.60. The summed E-state index contributed by atoms with van der Waals surface area (Å²) in [6.45, 7) is 0. The van der Waals surface area contributed by atoms with E-state index < -0.39 is 0 Å². The van der Waals surface area contributed by atoms with Gasteiger partial charge in [-0.05, 0) is 69.8 Å². The third-order valence-corrected chi connectivity index (χ3v) is 9.25. The third-order valence-electron chi connectivity index (χ3n) is 9.25. The molecule has 2 unspecified atom stereocenters. The molecule has 7 aromatic rings. The zero-order valence-corrected chi connectivity index (χ0v) is 24.1. The Balaban J connectivity index is 1.26. The SMILES string of the molecule is C1=CC2c3ccccc3-c3ccc(N(c4ccc(-c5ccccc5)cc4)c4cccc5c4oc4ccccc45)cc3C2C=C1. The topological polar surface area (TPSA) is 16.4 Å². The lowest BCUT2D eigenvalue weighted by molar-refractivity contribution is 0.669. The summed E-state index contributed by atoms with van der Waals surface area (Å²) in [5.41, 5.74) is 12.8. The quantitative estimate of drug-likeness (QED) is 0.212. The van der Waals surface area contributed by atoms with Crippen LogP contribution in [0.15, 0.2) is 168 Å². The van der Waals surface area contributed by atoms with Gasteiger partial charge in [-0.25, -0.2) is 0 Å². The van der Waals surface area contributed by atoms with E-state index in [1.807, 2.05) is 6.07 Å². The second-order valence-corrected chi connectivity index (χ2v) is 11.7. The van der Waals surface area contributed by atoms with E-state index in [1.165, 1.54) is 33.4 Å². The normalized spacial score (nSPS) is 16.5. The molecule has 2 aliphatic carbocycles. The number of para-hydroxylation sites is 2. The van der Waals surface area contributed by atoms with Gasteiger partial charge < -0.3 is 9.32 Å². The number of fused-ring (bicyclic) bond motifs is 9. The fraction of sp³-hybridized carbons (Fsp3) is 0.0476. The fourth-order valence-electron chi connectivity index (χ4n) is 7.21. The molecule has 2 aliphatic rings. The highest BCUT2D eigenvalue weighted by Crippen LogP contribution is 2.51. The molecule has 2 atom stereocenters. The van der Waals surface area contributed by atoms with E-state index in [-0.39, 0.29) is 5.92 Å². The highest BCUT2D eigenvalue weighted by Gasteiger charge is 2.32. The lowest BCUT2D eigenvalue weighted by Gasteiger charge is -2.35. The molecule has 6 aromatic carbocycles. The molecule has 0 spiro atoms. The standard InChI is InChI=1S/C42H29NO/c1-2-11-28(12-3-1)29-21-23-30(24-22-29)43(40-19-10-18-38-37-17-8-9-20-41(37)44-42(38)40)31-25-26-36-34-15-5-4-13-32(34)33-14-6-7-16-35(33)39(36)27-31/h1-27,33,35H. The van der Waals surface area contributed by atoms with Crippen LogP contribution in [-0.2, 0) is 0 Å². The van der Waals surface area contributed by atoms with Crippen LogP contribution in [0.2, 0.25) is 0 Å².